The Kier molecular flexibility index (Phi) is 6.72. The third kappa shape index (κ3) is 5.46. The van der Waals surface area contributed by atoms with Crippen LogP contribution in [-0.2, 0) is 11.3 Å². The maximum atomic E-state index is 14.7. The molecule has 1 atom stereocenters. The number of rotatable bonds is 5. The van der Waals surface area contributed by atoms with E-state index in [-0.39, 0.29) is 30.2 Å². The van der Waals surface area contributed by atoms with Gasteiger partial charge in [-0.3, -0.25) is 4.79 Å². The van der Waals surface area contributed by atoms with Crippen molar-refractivity contribution >= 4 is 11.9 Å². The van der Waals surface area contributed by atoms with Gasteiger partial charge in [-0.05, 0) is 44.9 Å². The van der Waals surface area contributed by atoms with Gasteiger partial charge >= 0.3 is 6.03 Å². The van der Waals surface area contributed by atoms with E-state index in [0.717, 1.165) is 5.69 Å². The average Bonchev–Trinajstić information content (AvgIpc) is 3.14. The zero-order chi connectivity index (χ0) is 22.8. The van der Waals surface area contributed by atoms with E-state index in [4.69, 9.17) is 0 Å². The molecule has 0 radical (unpaired) electrons. The van der Waals surface area contributed by atoms with Crippen molar-refractivity contribution in [3.8, 4) is 0 Å². The first-order valence-electron chi connectivity index (χ1n) is 10.8. The van der Waals surface area contributed by atoms with Crippen LogP contribution in [0.25, 0.3) is 0 Å². The van der Waals surface area contributed by atoms with Gasteiger partial charge in [0.2, 0.25) is 5.91 Å². The molecule has 168 valence electrons. The Morgan fingerprint density at radius 1 is 1.16 bits per heavy atom. The summed E-state index contributed by atoms with van der Waals surface area (Å²) < 4.78 is 16.8. The monoisotopic (exact) mass is 428 g/mol. The number of amides is 3. The van der Waals surface area contributed by atoms with Crippen LogP contribution < -0.4 is 5.32 Å². The highest BCUT2D eigenvalue weighted by Crippen LogP contribution is 2.34. The van der Waals surface area contributed by atoms with Crippen molar-refractivity contribution < 1.29 is 14.0 Å². The van der Waals surface area contributed by atoms with E-state index >= 15 is 0 Å². The van der Waals surface area contributed by atoms with Gasteiger partial charge in [0.25, 0.3) is 0 Å². The summed E-state index contributed by atoms with van der Waals surface area (Å²) >= 11 is 0. The lowest BCUT2D eigenvalue weighted by atomic mass is 9.99. The van der Waals surface area contributed by atoms with Gasteiger partial charge in [0.05, 0.1) is 0 Å². The summed E-state index contributed by atoms with van der Waals surface area (Å²) in [6, 6.07) is 9.62. The van der Waals surface area contributed by atoms with Crippen molar-refractivity contribution in [3.63, 3.8) is 0 Å². The second-order valence-electron chi connectivity index (χ2n) is 9.59. The van der Waals surface area contributed by atoms with Gasteiger partial charge < -0.3 is 19.7 Å². The van der Waals surface area contributed by atoms with Gasteiger partial charge in [0.1, 0.15) is 18.4 Å². The van der Waals surface area contributed by atoms with E-state index in [0.29, 0.717) is 25.2 Å². The Hall–Kier alpha value is -2.83. The number of fused-ring (bicyclic) bond motifs is 1. The number of aromatic nitrogens is 1. The normalized spacial score (nSPS) is 16.2. The predicted octanol–water partition coefficient (Wildman–Crippen LogP) is 4.02. The SMILES string of the molecule is CC(C)CN(CC(=O)N1CCn2cccc2C1c1ccccc1F)C(=O)NC(C)(C)C. The fraction of sp³-hybridized carbons (Fsp3) is 0.500. The molecule has 1 aromatic carbocycles. The Bertz CT molecular complexity index is 932. The zero-order valence-corrected chi connectivity index (χ0v) is 19.1. The van der Waals surface area contributed by atoms with E-state index in [2.05, 4.69) is 9.88 Å². The molecule has 1 N–H and O–H groups in total. The van der Waals surface area contributed by atoms with Crippen molar-refractivity contribution in [1.29, 1.82) is 0 Å². The van der Waals surface area contributed by atoms with E-state index in [9.17, 15) is 14.0 Å². The summed E-state index contributed by atoms with van der Waals surface area (Å²) in [4.78, 5) is 29.6. The molecule has 0 aliphatic carbocycles. The Labute approximate surface area is 184 Å². The molecular weight excluding hydrogens is 395 g/mol. The second kappa shape index (κ2) is 9.12. The number of hydrogen-bond acceptors (Lipinski definition) is 2. The highest BCUT2D eigenvalue weighted by Gasteiger charge is 2.35. The standard InChI is InChI=1S/C24H33FN4O2/c1-17(2)15-28(23(31)26-24(3,4)5)16-21(30)29-14-13-27-12-8-11-20(27)22(29)18-9-6-7-10-19(18)25/h6-12,17,22H,13-16H2,1-5H3,(H,26,31). The lowest BCUT2D eigenvalue weighted by molar-refractivity contribution is -0.134. The van der Waals surface area contributed by atoms with Crippen molar-refractivity contribution in [2.45, 2.75) is 52.7 Å². The van der Waals surface area contributed by atoms with Crippen molar-refractivity contribution in [2.75, 3.05) is 19.6 Å². The molecule has 6 nitrogen and oxygen atoms in total. The first-order chi connectivity index (χ1) is 14.6. The minimum atomic E-state index is -0.524. The minimum absolute atomic E-state index is 0.0498. The molecule has 1 unspecified atom stereocenters. The smallest absolute Gasteiger partial charge is 0.318 e. The van der Waals surface area contributed by atoms with Crippen LogP contribution in [0, 0.1) is 11.7 Å². The largest absolute Gasteiger partial charge is 0.348 e. The fourth-order valence-electron chi connectivity index (χ4n) is 3.99. The average molecular weight is 429 g/mol. The van der Waals surface area contributed by atoms with Crippen LogP contribution in [0.15, 0.2) is 42.6 Å². The van der Waals surface area contributed by atoms with Crippen LogP contribution in [0.2, 0.25) is 0 Å². The van der Waals surface area contributed by atoms with Crippen molar-refractivity contribution in [3.05, 3.63) is 59.7 Å². The van der Waals surface area contributed by atoms with Crippen molar-refractivity contribution in [1.82, 2.24) is 19.7 Å². The van der Waals surface area contributed by atoms with E-state index in [1.807, 2.05) is 52.9 Å². The lowest BCUT2D eigenvalue weighted by Gasteiger charge is -2.39. The number of nitrogens with one attached hydrogen (secondary N) is 1. The molecule has 1 aliphatic heterocycles. The fourth-order valence-corrected chi connectivity index (χ4v) is 3.99. The number of halogens is 1. The summed E-state index contributed by atoms with van der Waals surface area (Å²) in [5, 5.41) is 2.95. The molecule has 0 saturated carbocycles. The van der Waals surface area contributed by atoms with E-state index in [1.165, 1.54) is 6.07 Å². The predicted molar refractivity (Wildman–Crippen MR) is 119 cm³/mol. The minimum Gasteiger partial charge on any atom is -0.348 e. The van der Waals surface area contributed by atoms with Crippen LogP contribution in [0.5, 0.6) is 0 Å². The van der Waals surface area contributed by atoms with Crippen LogP contribution >= 0.6 is 0 Å². The first kappa shape index (κ1) is 22.8. The number of urea groups is 1. The zero-order valence-electron chi connectivity index (χ0n) is 19.1. The van der Waals surface area contributed by atoms with Crippen LogP contribution in [0.3, 0.4) is 0 Å². The van der Waals surface area contributed by atoms with Crippen LogP contribution in [-0.4, -0.2) is 51.5 Å². The number of carbonyl (C=O) groups is 2. The Morgan fingerprint density at radius 3 is 2.52 bits per heavy atom. The summed E-state index contributed by atoms with van der Waals surface area (Å²) in [6.07, 6.45) is 1.95. The third-order valence-corrected chi connectivity index (χ3v) is 5.24. The van der Waals surface area contributed by atoms with Gasteiger partial charge in [-0.15, -0.1) is 0 Å². The summed E-state index contributed by atoms with van der Waals surface area (Å²) in [6.45, 7) is 11.3. The van der Waals surface area contributed by atoms with Gasteiger partial charge in [-0.25, -0.2) is 9.18 Å². The lowest BCUT2D eigenvalue weighted by Crippen LogP contribution is -2.53. The molecule has 2 heterocycles. The molecule has 3 amide bonds. The molecule has 31 heavy (non-hydrogen) atoms. The van der Waals surface area contributed by atoms with Crippen LogP contribution in [0.1, 0.15) is 51.9 Å². The molecule has 2 aromatic rings. The summed E-state index contributed by atoms with van der Waals surface area (Å²) in [5.41, 5.74) is 0.932. The first-order valence-corrected chi connectivity index (χ1v) is 10.8. The molecule has 1 aromatic heterocycles. The molecule has 0 spiro atoms. The number of hydrogen-bond donors (Lipinski definition) is 1. The number of nitrogens with zero attached hydrogens (tertiary/aromatic N) is 3. The summed E-state index contributed by atoms with van der Waals surface area (Å²) in [7, 11) is 0. The van der Waals surface area contributed by atoms with E-state index in [1.54, 1.807) is 28.0 Å². The highest BCUT2D eigenvalue weighted by molar-refractivity contribution is 5.85. The van der Waals surface area contributed by atoms with Gasteiger partial charge in [-0.2, -0.15) is 0 Å². The molecular formula is C24H33FN4O2. The third-order valence-electron chi connectivity index (χ3n) is 5.24. The maximum absolute atomic E-state index is 14.7. The second-order valence-corrected chi connectivity index (χ2v) is 9.59. The molecule has 3 rings (SSSR count). The Balaban J connectivity index is 1.89. The number of carbonyl (C=O) groups excluding carboxylic acids is 2. The van der Waals surface area contributed by atoms with Gasteiger partial charge in [0, 0.05) is 42.6 Å². The van der Waals surface area contributed by atoms with Gasteiger partial charge in [-0.1, -0.05) is 32.0 Å². The van der Waals surface area contributed by atoms with E-state index < -0.39 is 11.6 Å². The van der Waals surface area contributed by atoms with Crippen LogP contribution in [0.4, 0.5) is 9.18 Å². The molecule has 0 bridgehead atoms. The Morgan fingerprint density at radius 2 is 1.87 bits per heavy atom. The molecule has 0 fully saturated rings. The molecule has 7 heteroatoms. The maximum Gasteiger partial charge on any atom is 0.318 e. The number of benzene rings is 1. The topological polar surface area (TPSA) is 57.6 Å². The van der Waals surface area contributed by atoms with Crippen molar-refractivity contribution in [2.24, 2.45) is 5.92 Å². The molecule has 0 saturated heterocycles. The molecule has 1 aliphatic rings. The quantitative estimate of drug-likeness (QED) is 0.782. The highest BCUT2D eigenvalue weighted by atomic mass is 19.1. The summed E-state index contributed by atoms with van der Waals surface area (Å²) in [5.74, 6) is -0.325. The van der Waals surface area contributed by atoms with Gasteiger partial charge in [0.15, 0.2) is 0 Å².